The van der Waals surface area contributed by atoms with Crippen molar-refractivity contribution in [3.63, 3.8) is 0 Å². The number of hydrogen-bond donors (Lipinski definition) is 1. The summed E-state index contributed by atoms with van der Waals surface area (Å²) in [5, 5.41) is 10.3. The van der Waals surface area contributed by atoms with Gasteiger partial charge in [0.1, 0.15) is 0 Å². The third-order valence-corrected chi connectivity index (χ3v) is 5.16. The second kappa shape index (κ2) is 6.91. The van der Waals surface area contributed by atoms with Gasteiger partial charge in [0, 0.05) is 6.04 Å². The maximum absolute atomic E-state index is 10.3. The Morgan fingerprint density at radius 1 is 0.889 bits per heavy atom. The molecule has 3 unspecified atom stereocenters. The normalized spacial score (nSPS) is 36.3. The van der Waals surface area contributed by atoms with Crippen molar-refractivity contribution in [2.45, 2.75) is 77.4 Å². The minimum Gasteiger partial charge on any atom is -0.391 e. The predicted molar refractivity (Wildman–Crippen MR) is 76.6 cm³/mol. The van der Waals surface area contributed by atoms with Crippen LogP contribution < -0.4 is 0 Å². The Labute approximate surface area is 113 Å². The Kier molecular flexibility index (Phi) is 5.50. The van der Waals surface area contributed by atoms with Crippen LogP contribution in [0.1, 0.15) is 65.2 Å². The summed E-state index contributed by atoms with van der Waals surface area (Å²) in [7, 11) is 0. The van der Waals surface area contributed by atoms with Crippen molar-refractivity contribution in [1.82, 2.24) is 4.90 Å². The molecule has 2 heteroatoms. The molecule has 2 fully saturated rings. The number of aliphatic hydroxyl groups is 1. The molecule has 106 valence electrons. The van der Waals surface area contributed by atoms with Crippen LogP contribution >= 0.6 is 0 Å². The molecule has 3 atom stereocenters. The van der Waals surface area contributed by atoms with Crippen LogP contribution in [0.4, 0.5) is 0 Å². The van der Waals surface area contributed by atoms with Crippen molar-refractivity contribution in [1.29, 1.82) is 0 Å². The fourth-order valence-electron chi connectivity index (χ4n) is 3.84. The number of likely N-dealkylation sites (tertiary alicyclic amines) is 1. The smallest absolute Gasteiger partial charge is 0.0695 e. The lowest BCUT2D eigenvalue weighted by Crippen LogP contribution is -2.43. The molecular weight excluding hydrogens is 222 g/mol. The predicted octanol–water partition coefficient (Wildman–Crippen LogP) is 3.44. The number of aliphatic hydroxyl groups excluding tert-OH is 1. The van der Waals surface area contributed by atoms with Gasteiger partial charge >= 0.3 is 0 Å². The highest BCUT2D eigenvalue weighted by Gasteiger charge is 2.29. The lowest BCUT2D eigenvalue weighted by molar-refractivity contribution is 0.0449. The molecule has 18 heavy (non-hydrogen) atoms. The summed E-state index contributed by atoms with van der Waals surface area (Å²) in [6, 6.07) is 0.457. The maximum atomic E-state index is 10.3. The first-order valence-electron chi connectivity index (χ1n) is 8.10. The van der Waals surface area contributed by atoms with Gasteiger partial charge in [-0.1, -0.05) is 33.1 Å². The highest BCUT2D eigenvalue weighted by Crippen LogP contribution is 2.29. The van der Waals surface area contributed by atoms with Gasteiger partial charge in [-0.3, -0.25) is 4.90 Å². The zero-order valence-corrected chi connectivity index (χ0v) is 12.3. The molecule has 0 spiro atoms. The molecule has 1 saturated heterocycles. The van der Waals surface area contributed by atoms with E-state index >= 15 is 0 Å². The van der Waals surface area contributed by atoms with Gasteiger partial charge < -0.3 is 5.11 Å². The van der Waals surface area contributed by atoms with Gasteiger partial charge in [-0.15, -0.1) is 0 Å². The summed E-state index contributed by atoms with van der Waals surface area (Å²) in [6.07, 6.45) is 10.1. The minimum atomic E-state index is -0.0666. The third-order valence-electron chi connectivity index (χ3n) is 5.16. The molecule has 0 amide bonds. The van der Waals surface area contributed by atoms with E-state index in [1.807, 2.05) is 0 Å². The van der Waals surface area contributed by atoms with Crippen molar-refractivity contribution in [3.05, 3.63) is 0 Å². The van der Waals surface area contributed by atoms with Gasteiger partial charge in [0.05, 0.1) is 6.10 Å². The van der Waals surface area contributed by atoms with E-state index < -0.39 is 0 Å². The van der Waals surface area contributed by atoms with Gasteiger partial charge in [0.15, 0.2) is 0 Å². The van der Waals surface area contributed by atoms with Crippen LogP contribution in [-0.4, -0.2) is 35.2 Å². The lowest BCUT2D eigenvalue weighted by Gasteiger charge is -2.33. The molecule has 1 N–H and O–H groups in total. The number of nitrogens with zero attached hydrogens (tertiary/aromatic N) is 1. The molecule has 0 radical (unpaired) electrons. The molecule has 2 aliphatic rings. The molecule has 2 nitrogen and oxygen atoms in total. The molecule has 1 aliphatic carbocycles. The summed E-state index contributed by atoms with van der Waals surface area (Å²) < 4.78 is 0. The van der Waals surface area contributed by atoms with Gasteiger partial charge in [0.2, 0.25) is 0 Å². The second-order valence-corrected chi connectivity index (χ2v) is 6.74. The summed E-state index contributed by atoms with van der Waals surface area (Å²) in [5.41, 5.74) is 0. The molecule has 0 aromatic carbocycles. The molecule has 0 aromatic heterocycles. The highest BCUT2D eigenvalue weighted by molar-refractivity contribution is 4.84. The standard InChI is InChI=1S/C16H31NO/c1-13(2)14-7-6-11-17(12-10-14)15-8-4-3-5-9-16(15)18/h13-16,18H,3-12H2,1-2H3. The number of rotatable bonds is 2. The van der Waals surface area contributed by atoms with Crippen LogP contribution in [-0.2, 0) is 0 Å². The van der Waals surface area contributed by atoms with Crippen LogP contribution in [0.3, 0.4) is 0 Å². The lowest BCUT2D eigenvalue weighted by atomic mass is 9.89. The van der Waals surface area contributed by atoms with Gasteiger partial charge in [-0.05, 0) is 57.0 Å². The minimum absolute atomic E-state index is 0.0666. The molecular formula is C16H31NO. The summed E-state index contributed by atoms with van der Waals surface area (Å²) in [5.74, 6) is 1.72. The van der Waals surface area contributed by atoms with Crippen molar-refractivity contribution in [2.75, 3.05) is 13.1 Å². The molecule has 1 heterocycles. The van der Waals surface area contributed by atoms with Crippen molar-refractivity contribution < 1.29 is 5.11 Å². The second-order valence-electron chi connectivity index (χ2n) is 6.74. The summed E-state index contributed by atoms with van der Waals surface area (Å²) in [4.78, 5) is 2.61. The molecule has 0 bridgehead atoms. The van der Waals surface area contributed by atoms with E-state index in [2.05, 4.69) is 18.7 Å². The third kappa shape index (κ3) is 3.71. The van der Waals surface area contributed by atoms with Crippen LogP contribution in [0.5, 0.6) is 0 Å². The van der Waals surface area contributed by atoms with Crippen LogP contribution in [0.15, 0.2) is 0 Å². The number of hydrogen-bond acceptors (Lipinski definition) is 2. The Morgan fingerprint density at radius 3 is 2.44 bits per heavy atom. The molecule has 1 saturated carbocycles. The average molecular weight is 253 g/mol. The largest absolute Gasteiger partial charge is 0.391 e. The van der Waals surface area contributed by atoms with Gasteiger partial charge in [0.25, 0.3) is 0 Å². The topological polar surface area (TPSA) is 23.5 Å². The monoisotopic (exact) mass is 253 g/mol. The maximum Gasteiger partial charge on any atom is 0.0695 e. The van der Waals surface area contributed by atoms with Gasteiger partial charge in [-0.25, -0.2) is 0 Å². The fraction of sp³-hybridized carbons (Fsp3) is 1.00. The fourth-order valence-corrected chi connectivity index (χ4v) is 3.84. The first kappa shape index (κ1) is 14.3. The zero-order valence-electron chi connectivity index (χ0n) is 12.3. The first-order valence-corrected chi connectivity index (χ1v) is 8.10. The van der Waals surface area contributed by atoms with E-state index in [4.69, 9.17) is 0 Å². The van der Waals surface area contributed by atoms with E-state index in [9.17, 15) is 5.11 Å². The van der Waals surface area contributed by atoms with Crippen LogP contribution in [0.2, 0.25) is 0 Å². The summed E-state index contributed by atoms with van der Waals surface area (Å²) in [6.45, 7) is 7.15. The molecule has 1 aliphatic heterocycles. The van der Waals surface area contributed by atoms with E-state index in [1.165, 1.54) is 58.0 Å². The van der Waals surface area contributed by atoms with Crippen molar-refractivity contribution in [2.24, 2.45) is 11.8 Å². The molecule has 2 rings (SSSR count). The van der Waals surface area contributed by atoms with E-state index in [0.29, 0.717) is 6.04 Å². The average Bonchev–Trinajstić information content (AvgIpc) is 2.68. The SMILES string of the molecule is CC(C)C1CCCN(C2CCCCCC2O)CC1. The Bertz CT molecular complexity index is 241. The van der Waals surface area contributed by atoms with Crippen LogP contribution in [0.25, 0.3) is 0 Å². The van der Waals surface area contributed by atoms with Gasteiger partial charge in [-0.2, -0.15) is 0 Å². The van der Waals surface area contributed by atoms with E-state index in [-0.39, 0.29) is 6.10 Å². The van der Waals surface area contributed by atoms with Crippen molar-refractivity contribution >= 4 is 0 Å². The van der Waals surface area contributed by atoms with Crippen molar-refractivity contribution in [3.8, 4) is 0 Å². The van der Waals surface area contributed by atoms with E-state index in [1.54, 1.807) is 0 Å². The summed E-state index contributed by atoms with van der Waals surface area (Å²) >= 11 is 0. The Balaban J connectivity index is 1.91. The van der Waals surface area contributed by atoms with Crippen LogP contribution in [0, 0.1) is 11.8 Å². The van der Waals surface area contributed by atoms with E-state index in [0.717, 1.165) is 18.3 Å². The zero-order chi connectivity index (χ0) is 13.0. The quantitative estimate of drug-likeness (QED) is 0.762. The first-order chi connectivity index (χ1) is 8.68. The Morgan fingerprint density at radius 2 is 1.67 bits per heavy atom. The Hall–Kier alpha value is -0.0800. The highest BCUT2D eigenvalue weighted by atomic mass is 16.3. The molecule has 0 aromatic rings.